The molecule has 1 heterocycles. The first-order valence-electron chi connectivity index (χ1n) is 6.39. The second-order valence-electron chi connectivity index (χ2n) is 4.69. The van der Waals surface area contributed by atoms with Crippen molar-refractivity contribution in [1.82, 2.24) is 14.5 Å². The summed E-state index contributed by atoms with van der Waals surface area (Å²) in [6.07, 6.45) is 0.929. The van der Waals surface area contributed by atoms with Gasteiger partial charge in [-0.25, -0.2) is 9.37 Å². The third kappa shape index (κ3) is 2.75. The fourth-order valence-electron chi connectivity index (χ4n) is 2.06. The molecular formula is C14H18FN3O. The van der Waals surface area contributed by atoms with E-state index >= 15 is 0 Å². The van der Waals surface area contributed by atoms with E-state index in [1.807, 2.05) is 4.57 Å². The second kappa shape index (κ2) is 5.38. The Labute approximate surface area is 111 Å². The number of carbonyl (C=O) groups is 1. The molecule has 4 nitrogen and oxygen atoms in total. The molecule has 0 saturated heterocycles. The number of carbonyl (C=O) groups excluding carboxylic acids is 1. The van der Waals surface area contributed by atoms with Crippen LogP contribution in [0, 0.1) is 5.82 Å². The topological polar surface area (TPSA) is 38.1 Å². The number of nitrogens with zero attached hydrogens (tertiary/aromatic N) is 3. The van der Waals surface area contributed by atoms with Crippen LogP contribution < -0.4 is 0 Å². The van der Waals surface area contributed by atoms with Gasteiger partial charge >= 0.3 is 0 Å². The van der Waals surface area contributed by atoms with Gasteiger partial charge in [-0.3, -0.25) is 4.79 Å². The van der Waals surface area contributed by atoms with Crippen molar-refractivity contribution in [3.05, 3.63) is 29.8 Å². The summed E-state index contributed by atoms with van der Waals surface area (Å²) in [6.45, 7) is 4.78. The van der Waals surface area contributed by atoms with Gasteiger partial charge in [-0.05, 0) is 24.6 Å². The molecule has 102 valence electrons. The van der Waals surface area contributed by atoms with Crippen LogP contribution in [0.5, 0.6) is 0 Å². The molecule has 0 unspecified atom stereocenters. The average molecular weight is 263 g/mol. The zero-order valence-electron chi connectivity index (χ0n) is 11.5. The van der Waals surface area contributed by atoms with Crippen molar-refractivity contribution >= 4 is 16.9 Å². The number of halogens is 1. The number of imidazole rings is 1. The first-order chi connectivity index (χ1) is 9.02. The number of rotatable bonds is 4. The Morgan fingerprint density at radius 2 is 2.21 bits per heavy atom. The molecular weight excluding hydrogens is 245 g/mol. The van der Waals surface area contributed by atoms with Crippen molar-refractivity contribution in [2.24, 2.45) is 0 Å². The Morgan fingerprint density at radius 3 is 2.84 bits per heavy atom. The lowest BCUT2D eigenvalue weighted by atomic mass is 10.3. The Morgan fingerprint density at radius 1 is 1.47 bits per heavy atom. The number of hydrogen-bond donors (Lipinski definition) is 0. The van der Waals surface area contributed by atoms with Crippen LogP contribution in [0.1, 0.15) is 26.1 Å². The van der Waals surface area contributed by atoms with Crippen molar-refractivity contribution in [3.8, 4) is 0 Å². The quantitative estimate of drug-likeness (QED) is 0.850. The highest BCUT2D eigenvalue weighted by Crippen LogP contribution is 2.19. The molecule has 0 saturated carbocycles. The van der Waals surface area contributed by atoms with Crippen LogP contribution in [-0.2, 0) is 17.9 Å². The summed E-state index contributed by atoms with van der Waals surface area (Å²) in [5, 5.41) is 0. The molecule has 1 aromatic heterocycles. The fourth-order valence-corrected chi connectivity index (χ4v) is 2.06. The van der Waals surface area contributed by atoms with E-state index in [1.54, 1.807) is 18.0 Å². The maximum atomic E-state index is 13.4. The van der Waals surface area contributed by atoms with Gasteiger partial charge in [0.05, 0.1) is 17.6 Å². The molecule has 0 atom stereocenters. The van der Waals surface area contributed by atoms with Crippen LogP contribution in [-0.4, -0.2) is 27.4 Å². The fraction of sp³-hybridized carbons (Fsp3) is 0.429. The largest absolute Gasteiger partial charge is 0.339 e. The molecule has 0 aliphatic heterocycles. The third-order valence-electron chi connectivity index (χ3n) is 3.15. The highest BCUT2D eigenvalue weighted by Gasteiger charge is 2.13. The monoisotopic (exact) mass is 263 g/mol. The Balaban J connectivity index is 2.47. The molecule has 0 fully saturated rings. The summed E-state index contributed by atoms with van der Waals surface area (Å²) < 4.78 is 15.3. The lowest BCUT2D eigenvalue weighted by molar-refractivity contribution is -0.128. The SMILES string of the molecule is CCCn1c(CN(C)C(C)=O)nc2ccc(F)cc21. The van der Waals surface area contributed by atoms with Crippen molar-refractivity contribution in [2.45, 2.75) is 33.4 Å². The van der Waals surface area contributed by atoms with Crippen LogP contribution >= 0.6 is 0 Å². The molecule has 19 heavy (non-hydrogen) atoms. The maximum Gasteiger partial charge on any atom is 0.219 e. The summed E-state index contributed by atoms with van der Waals surface area (Å²) in [6, 6.07) is 4.58. The molecule has 2 rings (SSSR count). The minimum absolute atomic E-state index is 0.0127. The van der Waals surface area contributed by atoms with Crippen molar-refractivity contribution in [2.75, 3.05) is 7.05 Å². The molecule has 0 bridgehead atoms. The van der Waals surface area contributed by atoms with Crippen molar-refractivity contribution in [1.29, 1.82) is 0 Å². The third-order valence-corrected chi connectivity index (χ3v) is 3.15. The Bertz CT molecular complexity index is 606. The van der Waals surface area contributed by atoms with Crippen LogP contribution in [0.15, 0.2) is 18.2 Å². The van der Waals surface area contributed by atoms with E-state index < -0.39 is 0 Å². The van der Waals surface area contributed by atoms with E-state index in [9.17, 15) is 9.18 Å². The summed E-state index contributed by atoms with van der Waals surface area (Å²) in [5.74, 6) is 0.512. The first kappa shape index (κ1) is 13.5. The highest BCUT2D eigenvalue weighted by atomic mass is 19.1. The molecule has 0 aliphatic carbocycles. The normalized spacial score (nSPS) is 10.9. The maximum absolute atomic E-state index is 13.4. The van der Waals surface area contributed by atoms with E-state index in [0.717, 1.165) is 29.8 Å². The molecule has 0 spiro atoms. The van der Waals surface area contributed by atoms with Gasteiger partial charge in [0.1, 0.15) is 11.6 Å². The first-order valence-corrected chi connectivity index (χ1v) is 6.39. The van der Waals surface area contributed by atoms with Gasteiger partial charge in [-0.15, -0.1) is 0 Å². The van der Waals surface area contributed by atoms with Gasteiger partial charge < -0.3 is 9.47 Å². The molecule has 0 N–H and O–H groups in total. The zero-order valence-corrected chi connectivity index (χ0v) is 11.5. The number of amides is 1. The van der Waals surface area contributed by atoms with E-state index in [2.05, 4.69) is 11.9 Å². The number of aromatic nitrogens is 2. The van der Waals surface area contributed by atoms with Crippen LogP contribution in [0.4, 0.5) is 4.39 Å². The standard InChI is InChI=1S/C14H18FN3O/c1-4-7-18-13-8-11(15)5-6-12(13)16-14(18)9-17(3)10(2)19/h5-6,8H,4,7,9H2,1-3H3. The highest BCUT2D eigenvalue weighted by molar-refractivity contribution is 5.76. The van der Waals surface area contributed by atoms with Crippen molar-refractivity contribution < 1.29 is 9.18 Å². The van der Waals surface area contributed by atoms with Gasteiger partial charge in [0.25, 0.3) is 0 Å². The molecule has 1 aromatic carbocycles. The summed E-state index contributed by atoms with van der Waals surface area (Å²) >= 11 is 0. The van der Waals surface area contributed by atoms with Crippen LogP contribution in [0.3, 0.4) is 0 Å². The minimum Gasteiger partial charge on any atom is -0.339 e. The smallest absolute Gasteiger partial charge is 0.219 e. The second-order valence-corrected chi connectivity index (χ2v) is 4.69. The summed E-state index contributed by atoms with van der Waals surface area (Å²) in [7, 11) is 1.73. The van der Waals surface area contributed by atoms with Crippen LogP contribution in [0.2, 0.25) is 0 Å². The molecule has 2 aromatic rings. The van der Waals surface area contributed by atoms with Gasteiger partial charge in [0.15, 0.2) is 0 Å². The lowest BCUT2D eigenvalue weighted by Crippen LogP contribution is -2.25. The predicted molar refractivity (Wildman–Crippen MR) is 72.1 cm³/mol. The van der Waals surface area contributed by atoms with E-state index in [4.69, 9.17) is 0 Å². The average Bonchev–Trinajstić information content (AvgIpc) is 2.68. The van der Waals surface area contributed by atoms with E-state index in [0.29, 0.717) is 6.54 Å². The Kier molecular flexibility index (Phi) is 3.83. The van der Waals surface area contributed by atoms with Gasteiger partial charge in [0, 0.05) is 20.5 Å². The summed E-state index contributed by atoms with van der Waals surface area (Å²) in [5.41, 5.74) is 1.55. The van der Waals surface area contributed by atoms with Gasteiger partial charge in [-0.1, -0.05) is 6.92 Å². The number of benzene rings is 1. The van der Waals surface area contributed by atoms with Gasteiger partial charge in [-0.2, -0.15) is 0 Å². The summed E-state index contributed by atoms with van der Waals surface area (Å²) in [4.78, 5) is 17.4. The number of hydrogen-bond acceptors (Lipinski definition) is 2. The zero-order chi connectivity index (χ0) is 14.0. The van der Waals surface area contributed by atoms with Crippen LogP contribution in [0.25, 0.3) is 11.0 Å². The van der Waals surface area contributed by atoms with Crippen molar-refractivity contribution in [3.63, 3.8) is 0 Å². The molecule has 5 heteroatoms. The Hall–Kier alpha value is -1.91. The van der Waals surface area contributed by atoms with E-state index in [1.165, 1.54) is 19.1 Å². The predicted octanol–water partition coefficient (Wildman–Crippen LogP) is 2.56. The number of fused-ring (bicyclic) bond motifs is 1. The van der Waals surface area contributed by atoms with Gasteiger partial charge in [0.2, 0.25) is 5.91 Å². The number of aryl methyl sites for hydroxylation is 1. The van der Waals surface area contributed by atoms with E-state index in [-0.39, 0.29) is 11.7 Å². The molecule has 0 aliphatic rings. The lowest BCUT2D eigenvalue weighted by Gasteiger charge is -2.15. The molecule has 0 radical (unpaired) electrons. The molecule has 1 amide bonds. The minimum atomic E-state index is -0.267.